The Labute approximate surface area is 141 Å². The molecule has 0 spiro atoms. The van der Waals surface area contributed by atoms with E-state index >= 15 is 0 Å². The molecule has 0 unspecified atom stereocenters. The van der Waals surface area contributed by atoms with Gasteiger partial charge in [-0.25, -0.2) is 4.79 Å². The highest BCUT2D eigenvalue weighted by molar-refractivity contribution is 7.99. The van der Waals surface area contributed by atoms with Crippen LogP contribution >= 0.6 is 11.8 Å². The number of carbonyl (C=O) groups excluding carboxylic acids is 1. The molecule has 0 aliphatic rings. The molecule has 23 heavy (non-hydrogen) atoms. The van der Waals surface area contributed by atoms with Gasteiger partial charge in [0.05, 0.1) is 7.11 Å². The lowest BCUT2D eigenvalue weighted by Crippen LogP contribution is -2.37. The van der Waals surface area contributed by atoms with Gasteiger partial charge in [-0.05, 0) is 29.8 Å². The number of amides is 2. The highest BCUT2D eigenvalue weighted by Gasteiger charge is 2.08. The van der Waals surface area contributed by atoms with Crippen molar-refractivity contribution in [1.29, 1.82) is 0 Å². The van der Waals surface area contributed by atoms with Crippen molar-refractivity contribution in [1.82, 2.24) is 10.2 Å². The first-order valence-corrected chi connectivity index (χ1v) is 8.47. The molecule has 2 amide bonds. The lowest BCUT2D eigenvalue weighted by molar-refractivity contribution is 0.207. The molecule has 2 rings (SSSR count). The smallest absolute Gasteiger partial charge is 0.317 e. The van der Waals surface area contributed by atoms with Gasteiger partial charge in [-0.15, -0.1) is 11.8 Å². The molecule has 4 nitrogen and oxygen atoms in total. The molecular formula is C18H22N2O2S. The minimum absolute atomic E-state index is 0.0607. The van der Waals surface area contributed by atoms with Gasteiger partial charge in [0.25, 0.3) is 0 Å². The van der Waals surface area contributed by atoms with Crippen LogP contribution in [0.15, 0.2) is 59.5 Å². The number of urea groups is 1. The molecule has 0 heterocycles. The molecule has 0 aromatic heterocycles. The largest absolute Gasteiger partial charge is 0.497 e. The predicted octanol–water partition coefficient (Wildman–Crippen LogP) is 3.63. The van der Waals surface area contributed by atoms with Crippen molar-refractivity contribution in [2.45, 2.75) is 11.4 Å². The van der Waals surface area contributed by atoms with Gasteiger partial charge in [-0.3, -0.25) is 0 Å². The van der Waals surface area contributed by atoms with Gasteiger partial charge in [-0.2, -0.15) is 0 Å². The number of hydrogen-bond donors (Lipinski definition) is 1. The number of methoxy groups -OCH3 is 1. The van der Waals surface area contributed by atoms with Crippen molar-refractivity contribution in [2.75, 3.05) is 26.5 Å². The first-order chi connectivity index (χ1) is 11.2. The van der Waals surface area contributed by atoms with E-state index in [1.54, 1.807) is 30.8 Å². The van der Waals surface area contributed by atoms with E-state index in [0.29, 0.717) is 13.1 Å². The average molecular weight is 330 g/mol. The number of hydrogen-bond acceptors (Lipinski definition) is 3. The maximum absolute atomic E-state index is 12.1. The summed E-state index contributed by atoms with van der Waals surface area (Å²) in [7, 11) is 3.44. The van der Waals surface area contributed by atoms with E-state index in [1.165, 1.54) is 4.90 Å². The zero-order chi connectivity index (χ0) is 16.5. The Balaban J connectivity index is 1.69. The van der Waals surface area contributed by atoms with Gasteiger partial charge in [0.2, 0.25) is 0 Å². The van der Waals surface area contributed by atoms with Gasteiger partial charge >= 0.3 is 6.03 Å². The molecular weight excluding hydrogens is 308 g/mol. The standard InChI is InChI=1S/C18H22N2O2S/c1-20(14-15-8-10-16(22-2)11-9-15)18(21)19-12-13-23-17-6-4-3-5-7-17/h3-11H,12-14H2,1-2H3,(H,19,21). The monoisotopic (exact) mass is 330 g/mol. The predicted molar refractivity (Wildman–Crippen MR) is 95.0 cm³/mol. The SMILES string of the molecule is COc1ccc(CN(C)C(=O)NCCSc2ccccc2)cc1. The van der Waals surface area contributed by atoms with Crippen molar-refractivity contribution < 1.29 is 9.53 Å². The second-order valence-corrected chi connectivity index (χ2v) is 6.27. The summed E-state index contributed by atoms with van der Waals surface area (Å²) >= 11 is 1.74. The second kappa shape index (κ2) is 9.10. The first-order valence-electron chi connectivity index (χ1n) is 7.49. The summed E-state index contributed by atoms with van der Waals surface area (Å²) in [6, 6.07) is 17.9. The lowest BCUT2D eigenvalue weighted by atomic mass is 10.2. The maximum Gasteiger partial charge on any atom is 0.317 e. The van der Waals surface area contributed by atoms with E-state index in [0.717, 1.165) is 17.1 Å². The molecule has 0 saturated heterocycles. The zero-order valence-electron chi connectivity index (χ0n) is 13.5. The van der Waals surface area contributed by atoms with E-state index in [1.807, 2.05) is 42.5 Å². The number of nitrogens with one attached hydrogen (secondary N) is 1. The summed E-state index contributed by atoms with van der Waals surface area (Å²) in [4.78, 5) is 15.0. The third-order valence-corrected chi connectivity index (χ3v) is 4.33. The minimum Gasteiger partial charge on any atom is -0.497 e. The van der Waals surface area contributed by atoms with E-state index in [-0.39, 0.29) is 6.03 Å². The van der Waals surface area contributed by atoms with Crippen LogP contribution in [0.4, 0.5) is 4.79 Å². The van der Waals surface area contributed by atoms with Crippen molar-refractivity contribution in [3.05, 3.63) is 60.2 Å². The third kappa shape index (κ3) is 5.87. The summed E-state index contributed by atoms with van der Waals surface area (Å²) in [5, 5.41) is 2.94. The van der Waals surface area contributed by atoms with Crippen LogP contribution < -0.4 is 10.1 Å². The van der Waals surface area contributed by atoms with Gasteiger partial charge in [0.15, 0.2) is 0 Å². The topological polar surface area (TPSA) is 41.6 Å². The summed E-state index contributed by atoms with van der Waals surface area (Å²) in [5.74, 6) is 1.67. The fourth-order valence-corrected chi connectivity index (χ4v) is 2.84. The third-order valence-electron chi connectivity index (χ3n) is 3.32. The summed E-state index contributed by atoms with van der Waals surface area (Å²) < 4.78 is 5.13. The van der Waals surface area contributed by atoms with Crippen molar-refractivity contribution in [3.63, 3.8) is 0 Å². The van der Waals surface area contributed by atoms with E-state index in [2.05, 4.69) is 17.4 Å². The summed E-state index contributed by atoms with van der Waals surface area (Å²) in [6.45, 7) is 1.22. The molecule has 122 valence electrons. The van der Waals surface area contributed by atoms with Crippen molar-refractivity contribution >= 4 is 17.8 Å². The highest BCUT2D eigenvalue weighted by Crippen LogP contribution is 2.16. The van der Waals surface area contributed by atoms with Crippen molar-refractivity contribution in [2.24, 2.45) is 0 Å². The maximum atomic E-state index is 12.1. The van der Waals surface area contributed by atoms with Crippen molar-refractivity contribution in [3.8, 4) is 5.75 Å². The average Bonchev–Trinajstić information content (AvgIpc) is 2.60. The van der Waals surface area contributed by atoms with E-state index in [9.17, 15) is 4.79 Å². The van der Waals surface area contributed by atoms with Crippen LogP contribution in [0, 0.1) is 0 Å². The molecule has 0 fully saturated rings. The fourth-order valence-electron chi connectivity index (χ4n) is 2.06. The molecule has 5 heteroatoms. The number of ether oxygens (including phenoxy) is 1. The molecule has 0 aliphatic heterocycles. The molecule has 0 radical (unpaired) electrons. The number of rotatable bonds is 7. The van der Waals surface area contributed by atoms with Crippen LogP contribution in [0.3, 0.4) is 0 Å². The van der Waals surface area contributed by atoms with Gasteiger partial charge in [0.1, 0.15) is 5.75 Å². The number of carbonyl (C=O) groups is 1. The molecule has 0 atom stereocenters. The molecule has 0 bridgehead atoms. The minimum atomic E-state index is -0.0607. The normalized spacial score (nSPS) is 10.2. The number of benzene rings is 2. The Morgan fingerprint density at radius 1 is 1.13 bits per heavy atom. The lowest BCUT2D eigenvalue weighted by Gasteiger charge is -2.18. The fraction of sp³-hybridized carbons (Fsp3) is 0.278. The molecule has 2 aromatic carbocycles. The Morgan fingerprint density at radius 3 is 2.48 bits per heavy atom. The van der Waals surface area contributed by atoms with Crippen LogP contribution in [-0.4, -0.2) is 37.4 Å². The number of nitrogens with zero attached hydrogens (tertiary/aromatic N) is 1. The van der Waals surface area contributed by atoms with Crippen LogP contribution in [-0.2, 0) is 6.54 Å². The Morgan fingerprint density at radius 2 is 1.83 bits per heavy atom. The van der Waals surface area contributed by atoms with Crippen LogP contribution in [0.2, 0.25) is 0 Å². The Hall–Kier alpha value is -2.14. The van der Waals surface area contributed by atoms with Crippen LogP contribution in [0.25, 0.3) is 0 Å². The molecule has 0 saturated carbocycles. The van der Waals surface area contributed by atoms with E-state index in [4.69, 9.17) is 4.74 Å². The zero-order valence-corrected chi connectivity index (χ0v) is 14.3. The van der Waals surface area contributed by atoms with Gasteiger partial charge in [-0.1, -0.05) is 30.3 Å². The summed E-state index contributed by atoms with van der Waals surface area (Å²) in [6.07, 6.45) is 0. The van der Waals surface area contributed by atoms with E-state index < -0.39 is 0 Å². The summed E-state index contributed by atoms with van der Waals surface area (Å²) in [5.41, 5.74) is 1.07. The molecule has 0 aliphatic carbocycles. The van der Waals surface area contributed by atoms with Gasteiger partial charge in [0, 0.05) is 30.8 Å². The Bertz CT molecular complexity index is 602. The quantitative estimate of drug-likeness (QED) is 0.623. The second-order valence-electron chi connectivity index (χ2n) is 5.10. The highest BCUT2D eigenvalue weighted by atomic mass is 32.2. The number of thioether (sulfide) groups is 1. The van der Waals surface area contributed by atoms with Crippen LogP contribution in [0.5, 0.6) is 5.75 Å². The first kappa shape index (κ1) is 17.2. The van der Waals surface area contributed by atoms with Gasteiger partial charge < -0.3 is 15.0 Å². The Kier molecular flexibility index (Phi) is 6.81. The van der Waals surface area contributed by atoms with Crippen LogP contribution in [0.1, 0.15) is 5.56 Å². The molecule has 1 N–H and O–H groups in total. The molecule has 2 aromatic rings.